The third-order valence-corrected chi connectivity index (χ3v) is 5.75. The maximum atomic E-state index is 12.7. The first kappa shape index (κ1) is 16.0. The highest BCUT2D eigenvalue weighted by Crippen LogP contribution is 2.52. The molecule has 0 unspecified atom stereocenters. The van der Waals surface area contributed by atoms with Gasteiger partial charge in [-0.25, -0.2) is 0 Å². The molecule has 1 aromatic carbocycles. The Labute approximate surface area is 137 Å². The second kappa shape index (κ2) is 5.99. The molecule has 5 atom stereocenters. The number of benzene rings is 1. The van der Waals surface area contributed by atoms with E-state index in [0.717, 1.165) is 30.4 Å². The Morgan fingerprint density at radius 2 is 1.83 bits per heavy atom. The summed E-state index contributed by atoms with van der Waals surface area (Å²) in [5.74, 6) is -1.33. The molecule has 2 fully saturated rings. The molecule has 2 N–H and O–H groups in total. The third-order valence-electron chi connectivity index (χ3n) is 5.75. The first-order valence-electron chi connectivity index (χ1n) is 8.48. The number of carbonyl (C=O) groups excluding carboxylic acids is 1. The van der Waals surface area contributed by atoms with Gasteiger partial charge in [-0.2, -0.15) is 0 Å². The van der Waals surface area contributed by atoms with Crippen LogP contribution in [0, 0.1) is 37.5 Å². The summed E-state index contributed by atoms with van der Waals surface area (Å²) in [5, 5.41) is 12.6. The number of aliphatic carboxylic acids is 1. The Morgan fingerprint density at radius 3 is 2.43 bits per heavy atom. The van der Waals surface area contributed by atoms with Crippen molar-refractivity contribution in [2.45, 2.75) is 46.1 Å². The van der Waals surface area contributed by atoms with Gasteiger partial charge in [0.15, 0.2) is 0 Å². The van der Waals surface area contributed by atoms with E-state index in [-0.39, 0.29) is 29.7 Å². The third kappa shape index (κ3) is 2.87. The highest BCUT2D eigenvalue weighted by Gasteiger charge is 2.54. The topological polar surface area (TPSA) is 66.4 Å². The smallest absolute Gasteiger partial charge is 0.307 e. The van der Waals surface area contributed by atoms with Crippen molar-refractivity contribution in [3.63, 3.8) is 0 Å². The molecular weight excluding hydrogens is 290 g/mol. The quantitative estimate of drug-likeness (QED) is 0.896. The normalized spacial score (nSPS) is 30.2. The summed E-state index contributed by atoms with van der Waals surface area (Å²) in [6.07, 6.45) is 2.84. The van der Waals surface area contributed by atoms with Crippen LogP contribution >= 0.6 is 0 Å². The Morgan fingerprint density at radius 1 is 1.17 bits per heavy atom. The van der Waals surface area contributed by atoms with Crippen molar-refractivity contribution in [2.75, 3.05) is 0 Å². The molecule has 0 aliphatic heterocycles. The van der Waals surface area contributed by atoms with Crippen LogP contribution in [0.1, 0.15) is 48.9 Å². The summed E-state index contributed by atoms with van der Waals surface area (Å²) >= 11 is 0. The van der Waals surface area contributed by atoms with Gasteiger partial charge >= 0.3 is 5.97 Å². The number of hydrogen-bond acceptors (Lipinski definition) is 2. The maximum Gasteiger partial charge on any atom is 0.307 e. The summed E-state index contributed by atoms with van der Waals surface area (Å²) in [4.78, 5) is 24.3. The van der Waals surface area contributed by atoms with Crippen LogP contribution in [-0.4, -0.2) is 17.0 Å². The van der Waals surface area contributed by atoms with Crippen molar-refractivity contribution in [1.29, 1.82) is 0 Å². The van der Waals surface area contributed by atoms with Crippen LogP contribution in [0.15, 0.2) is 18.2 Å². The largest absolute Gasteiger partial charge is 0.481 e. The summed E-state index contributed by atoms with van der Waals surface area (Å²) < 4.78 is 0. The predicted molar refractivity (Wildman–Crippen MR) is 87.9 cm³/mol. The lowest BCUT2D eigenvalue weighted by Gasteiger charge is -2.28. The number of fused-ring (bicyclic) bond motifs is 2. The number of carboxylic acids is 1. The first-order valence-corrected chi connectivity index (χ1v) is 8.48. The van der Waals surface area contributed by atoms with Crippen LogP contribution in [0.3, 0.4) is 0 Å². The lowest BCUT2D eigenvalue weighted by molar-refractivity contribution is -0.149. The van der Waals surface area contributed by atoms with Gasteiger partial charge in [0.05, 0.1) is 17.9 Å². The van der Waals surface area contributed by atoms with Crippen molar-refractivity contribution in [2.24, 2.45) is 23.7 Å². The monoisotopic (exact) mass is 315 g/mol. The van der Waals surface area contributed by atoms with Crippen LogP contribution in [0.2, 0.25) is 0 Å². The Balaban J connectivity index is 1.74. The molecule has 2 saturated carbocycles. The minimum atomic E-state index is -0.809. The van der Waals surface area contributed by atoms with E-state index in [2.05, 4.69) is 11.4 Å². The second-order valence-corrected chi connectivity index (χ2v) is 7.31. The lowest BCUT2D eigenvalue weighted by Crippen LogP contribution is -2.42. The van der Waals surface area contributed by atoms with Crippen LogP contribution in [-0.2, 0) is 9.59 Å². The molecule has 2 aliphatic rings. The van der Waals surface area contributed by atoms with E-state index in [0.29, 0.717) is 0 Å². The number of carbonyl (C=O) groups is 2. The van der Waals surface area contributed by atoms with Gasteiger partial charge in [0, 0.05) is 0 Å². The molecule has 2 bridgehead atoms. The molecule has 4 nitrogen and oxygen atoms in total. The molecule has 0 radical (unpaired) electrons. The van der Waals surface area contributed by atoms with Crippen molar-refractivity contribution in [3.05, 3.63) is 34.9 Å². The molecule has 0 spiro atoms. The van der Waals surface area contributed by atoms with E-state index in [1.807, 2.05) is 32.9 Å². The van der Waals surface area contributed by atoms with E-state index in [1.54, 1.807) is 0 Å². The molecule has 1 amide bonds. The zero-order valence-electron chi connectivity index (χ0n) is 14.0. The van der Waals surface area contributed by atoms with Crippen LogP contribution < -0.4 is 5.32 Å². The van der Waals surface area contributed by atoms with Gasteiger partial charge in [0.2, 0.25) is 5.91 Å². The highest BCUT2D eigenvalue weighted by atomic mass is 16.4. The van der Waals surface area contributed by atoms with Gasteiger partial charge in [-0.15, -0.1) is 0 Å². The predicted octanol–water partition coefficient (Wildman–Crippen LogP) is 3.23. The number of rotatable bonds is 4. The van der Waals surface area contributed by atoms with Gasteiger partial charge in [-0.1, -0.05) is 23.8 Å². The molecule has 0 aromatic heterocycles. The molecule has 3 rings (SSSR count). The molecule has 4 heteroatoms. The number of carboxylic acid groups (broad SMARTS) is 1. The molecule has 23 heavy (non-hydrogen) atoms. The van der Waals surface area contributed by atoms with Gasteiger partial charge in [0.1, 0.15) is 0 Å². The fourth-order valence-electron chi connectivity index (χ4n) is 4.72. The SMILES string of the molecule is Cc1ccc([C@H](C)NC(=O)[C@H]2[C@@H]3CC[C@@H](C3)[C@@H]2C(=O)O)c(C)c1. The molecule has 0 saturated heterocycles. The summed E-state index contributed by atoms with van der Waals surface area (Å²) in [6.45, 7) is 6.06. The lowest BCUT2D eigenvalue weighted by atomic mass is 9.78. The van der Waals surface area contributed by atoms with E-state index in [9.17, 15) is 14.7 Å². The van der Waals surface area contributed by atoms with Crippen molar-refractivity contribution >= 4 is 11.9 Å². The van der Waals surface area contributed by atoms with E-state index >= 15 is 0 Å². The van der Waals surface area contributed by atoms with Crippen LogP contribution in [0.25, 0.3) is 0 Å². The van der Waals surface area contributed by atoms with Crippen LogP contribution in [0.5, 0.6) is 0 Å². The fourth-order valence-corrected chi connectivity index (χ4v) is 4.72. The van der Waals surface area contributed by atoms with Crippen molar-refractivity contribution in [1.82, 2.24) is 5.32 Å². The second-order valence-electron chi connectivity index (χ2n) is 7.31. The average molecular weight is 315 g/mol. The zero-order valence-corrected chi connectivity index (χ0v) is 14.0. The summed E-state index contributed by atoms with van der Waals surface area (Å²) in [5.41, 5.74) is 3.45. The molecular formula is C19H25NO3. The number of hydrogen-bond donors (Lipinski definition) is 2. The van der Waals surface area contributed by atoms with Crippen molar-refractivity contribution in [3.8, 4) is 0 Å². The summed E-state index contributed by atoms with van der Waals surface area (Å²) in [6, 6.07) is 6.10. The summed E-state index contributed by atoms with van der Waals surface area (Å²) in [7, 11) is 0. The standard InChI is InChI=1S/C19H25NO3/c1-10-4-7-15(11(2)8-10)12(3)20-18(21)16-13-5-6-14(9-13)17(16)19(22)23/h4,7-8,12-14,16-17H,5-6,9H2,1-3H3,(H,20,21)(H,22,23)/t12-,13+,14-,16-,17-/m0/s1. The maximum absolute atomic E-state index is 12.7. The van der Waals surface area contributed by atoms with Gasteiger partial charge in [-0.05, 0) is 63.0 Å². The Kier molecular flexibility index (Phi) is 4.17. The minimum absolute atomic E-state index is 0.0860. The molecule has 124 valence electrons. The minimum Gasteiger partial charge on any atom is -0.481 e. The van der Waals surface area contributed by atoms with E-state index in [4.69, 9.17) is 0 Å². The zero-order chi connectivity index (χ0) is 16.7. The Hall–Kier alpha value is -1.84. The fraction of sp³-hybridized carbons (Fsp3) is 0.579. The first-order chi connectivity index (χ1) is 10.9. The van der Waals surface area contributed by atoms with Gasteiger partial charge < -0.3 is 10.4 Å². The Bertz CT molecular complexity index is 640. The van der Waals surface area contributed by atoms with Crippen molar-refractivity contribution < 1.29 is 14.7 Å². The molecule has 2 aliphatic carbocycles. The van der Waals surface area contributed by atoms with Gasteiger partial charge in [0.25, 0.3) is 0 Å². The molecule has 0 heterocycles. The van der Waals surface area contributed by atoms with E-state index < -0.39 is 11.9 Å². The number of nitrogens with one attached hydrogen (secondary N) is 1. The van der Waals surface area contributed by atoms with Gasteiger partial charge in [-0.3, -0.25) is 9.59 Å². The highest BCUT2D eigenvalue weighted by molar-refractivity contribution is 5.86. The van der Waals surface area contributed by atoms with Crippen LogP contribution in [0.4, 0.5) is 0 Å². The molecule has 1 aromatic rings. The number of amides is 1. The number of aryl methyl sites for hydroxylation is 2. The average Bonchev–Trinajstić information content (AvgIpc) is 3.07. The van der Waals surface area contributed by atoms with E-state index in [1.165, 1.54) is 5.56 Å².